The zero-order valence-electron chi connectivity index (χ0n) is 12.3. The number of hydrogen-bond donors (Lipinski definition) is 2. The quantitative estimate of drug-likeness (QED) is 0.779. The molecule has 2 rings (SSSR count). The van der Waals surface area contributed by atoms with Gasteiger partial charge in [-0.1, -0.05) is 6.92 Å². The Kier molecular flexibility index (Phi) is 5.37. The molecule has 0 saturated heterocycles. The molecule has 1 aromatic heterocycles. The molecule has 4 heteroatoms. The number of aliphatic hydroxyl groups excluding tert-OH is 1. The van der Waals surface area contributed by atoms with E-state index >= 15 is 0 Å². The molecule has 108 valence electrons. The zero-order valence-corrected chi connectivity index (χ0v) is 12.3. The second kappa shape index (κ2) is 7.25. The largest absolute Gasteiger partial charge is 0.396 e. The summed E-state index contributed by atoms with van der Waals surface area (Å²) in [6.07, 6.45) is 7.32. The molecule has 3 N–H and O–H groups in total. The fourth-order valence-corrected chi connectivity index (χ4v) is 2.97. The minimum absolute atomic E-state index is 0.168. The fourth-order valence-electron chi connectivity index (χ4n) is 2.97. The number of nitrogens with zero attached hydrogens (tertiary/aromatic N) is 1. The van der Waals surface area contributed by atoms with Gasteiger partial charge < -0.3 is 5.11 Å². The third-order valence-corrected chi connectivity index (χ3v) is 3.91. The van der Waals surface area contributed by atoms with Crippen LogP contribution in [0.3, 0.4) is 0 Å². The number of aromatic nitrogens is 1. The van der Waals surface area contributed by atoms with E-state index in [0.29, 0.717) is 13.0 Å². The molecule has 0 unspecified atom stereocenters. The number of nitrogens with one attached hydrogen (secondary N) is 2. The van der Waals surface area contributed by atoms with Crippen molar-refractivity contribution >= 4 is 5.82 Å². The highest BCUT2D eigenvalue weighted by Gasteiger charge is 2.24. The van der Waals surface area contributed by atoms with E-state index in [0.717, 1.165) is 37.1 Å². The van der Waals surface area contributed by atoms with Gasteiger partial charge in [0.15, 0.2) is 0 Å². The van der Waals surface area contributed by atoms with Gasteiger partial charge in [0.25, 0.3) is 5.82 Å². The average molecular weight is 274 g/mol. The van der Waals surface area contributed by atoms with Crippen LogP contribution in [0.4, 0.5) is 5.82 Å². The monoisotopic (exact) mass is 274 g/mol. The van der Waals surface area contributed by atoms with Gasteiger partial charge in [0, 0.05) is 19.4 Å². The van der Waals surface area contributed by atoms with E-state index < -0.39 is 0 Å². The van der Waals surface area contributed by atoms with E-state index in [1.165, 1.54) is 29.7 Å². The number of hydrogen-bond acceptors (Lipinski definition) is 3. The van der Waals surface area contributed by atoms with Crippen molar-refractivity contribution in [1.29, 1.82) is 5.26 Å². The van der Waals surface area contributed by atoms with Gasteiger partial charge in [0.2, 0.25) is 0 Å². The van der Waals surface area contributed by atoms with Gasteiger partial charge >= 0.3 is 0 Å². The van der Waals surface area contributed by atoms with Gasteiger partial charge in [0.1, 0.15) is 17.3 Å². The summed E-state index contributed by atoms with van der Waals surface area (Å²) in [5, 5.41) is 21.7. The Morgan fingerprint density at radius 3 is 2.70 bits per heavy atom. The van der Waals surface area contributed by atoms with E-state index in [4.69, 9.17) is 5.11 Å². The lowest BCUT2D eigenvalue weighted by Gasteiger charge is -2.19. The first-order valence-electron chi connectivity index (χ1n) is 7.66. The molecule has 0 aromatic carbocycles. The summed E-state index contributed by atoms with van der Waals surface area (Å²) in [6.45, 7) is 3.04. The smallest absolute Gasteiger partial charge is 0.290 e. The Hall–Kier alpha value is -1.60. The first-order chi connectivity index (χ1) is 9.81. The number of anilines is 1. The maximum atomic E-state index is 9.49. The second-order valence-corrected chi connectivity index (χ2v) is 5.38. The number of rotatable bonds is 6. The molecule has 1 aromatic rings. The lowest BCUT2D eigenvalue weighted by Crippen LogP contribution is -2.26. The van der Waals surface area contributed by atoms with Crippen molar-refractivity contribution in [2.75, 3.05) is 18.5 Å². The van der Waals surface area contributed by atoms with Crippen LogP contribution in [0.1, 0.15) is 55.0 Å². The molecule has 0 amide bonds. The summed E-state index contributed by atoms with van der Waals surface area (Å²) in [5.74, 6) is 0.838. The second-order valence-electron chi connectivity index (χ2n) is 5.38. The summed E-state index contributed by atoms with van der Waals surface area (Å²) in [5.41, 5.74) is 4.68. The topological polar surface area (TPSA) is 70.2 Å². The Labute approximate surface area is 120 Å². The number of nitriles is 1. The van der Waals surface area contributed by atoms with E-state index in [1.54, 1.807) is 0 Å². The first kappa shape index (κ1) is 14.8. The third-order valence-electron chi connectivity index (χ3n) is 3.91. The van der Waals surface area contributed by atoms with Crippen molar-refractivity contribution in [3.63, 3.8) is 0 Å². The van der Waals surface area contributed by atoms with Crippen LogP contribution in [0, 0.1) is 11.3 Å². The highest BCUT2D eigenvalue weighted by Crippen LogP contribution is 2.28. The third kappa shape index (κ3) is 3.10. The molecule has 1 aliphatic carbocycles. The molecule has 1 aliphatic rings. The number of fused-ring (bicyclic) bond motifs is 1. The standard InChI is InChI=1S/C16H23N3O/c1-2-6-15-13-8-4-3-7-12(13)14(11-17)16(19-15)18-9-5-10-20/h20H,2-10H2,1H3,(H,18,19)/p+1. The number of aromatic amines is 1. The van der Waals surface area contributed by atoms with Gasteiger partial charge in [0.05, 0.1) is 6.54 Å². The molecule has 20 heavy (non-hydrogen) atoms. The van der Waals surface area contributed by atoms with Gasteiger partial charge in [-0.25, -0.2) is 4.98 Å². The normalized spacial score (nSPS) is 13.7. The van der Waals surface area contributed by atoms with E-state index in [1.807, 2.05) is 0 Å². The van der Waals surface area contributed by atoms with Crippen LogP contribution < -0.4 is 10.3 Å². The number of H-pyrrole nitrogens is 1. The van der Waals surface area contributed by atoms with Crippen LogP contribution in [-0.4, -0.2) is 18.3 Å². The summed E-state index contributed by atoms with van der Waals surface area (Å²) >= 11 is 0. The van der Waals surface area contributed by atoms with Crippen molar-refractivity contribution in [1.82, 2.24) is 0 Å². The summed E-state index contributed by atoms with van der Waals surface area (Å²) in [6, 6.07) is 2.36. The summed E-state index contributed by atoms with van der Waals surface area (Å²) in [4.78, 5) is 3.44. The molecule has 0 fully saturated rings. The molecular weight excluding hydrogens is 250 g/mol. The van der Waals surface area contributed by atoms with Gasteiger partial charge in [-0.2, -0.15) is 5.26 Å². The minimum Gasteiger partial charge on any atom is -0.396 e. The summed E-state index contributed by atoms with van der Waals surface area (Å²) < 4.78 is 0. The fraction of sp³-hybridized carbons (Fsp3) is 0.625. The van der Waals surface area contributed by atoms with Crippen LogP contribution >= 0.6 is 0 Å². The van der Waals surface area contributed by atoms with E-state index in [2.05, 4.69) is 23.3 Å². The molecule has 0 atom stereocenters. The van der Waals surface area contributed by atoms with Gasteiger partial charge in [-0.05, 0) is 43.2 Å². The SMILES string of the molecule is CCCc1[nH+]c(NCCCO)c(C#N)c2c1CCCC2. The predicted octanol–water partition coefficient (Wildman–Crippen LogP) is 2.00. The molecule has 0 bridgehead atoms. The predicted molar refractivity (Wildman–Crippen MR) is 78.5 cm³/mol. The van der Waals surface area contributed by atoms with Crippen LogP contribution in [-0.2, 0) is 19.3 Å². The molecule has 1 heterocycles. The number of aryl methyl sites for hydroxylation is 1. The van der Waals surface area contributed by atoms with E-state index in [9.17, 15) is 5.26 Å². The van der Waals surface area contributed by atoms with Crippen molar-refractivity contribution in [2.45, 2.75) is 51.9 Å². The highest BCUT2D eigenvalue weighted by molar-refractivity contribution is 5.56. The van der Waals surface area contributed by atoms with Crippen LogP contribution in [0.15, 0.2) is 0 Å². The van der Waals surface area contributed by atoms with Crippen molar-refractivity contribution in [3.05, 3.63) is 22.4 Å². The van der Waals surface area contributed by atoms with Crippen molar-refractivity contribution in [3.8, 4) is 6.07 Å². The Morgan fingerprint density at radius 2 is 2.05 bits per heavy atom. The number of pyridine rings is 1. The van der Waals surface area contributed by atoms with Gasteiger partial charge in [-0.3, -0.25) is 5.32 Å². The Balaban J connectivity index is 2.39. The van der Waals surface area contributed by atoms with E-state index in [-0.39, 0.29) is 6.61 Å². The molecular formula is C16H24N3O+. The van der Waals surface area contributed by atoms with Crippen LogP contribution in [0.25, 0.3) is 0 Å². The highest BCUT2D eigenvalue weighted by atomic mass is 16.3. The maximum absolute atomic E-state index is 9.49. The Morgan fingerprint density at radius 1 is 1.30 bits per heavy atom. The maximum Gasteiger partial charge on any atom is 0.290 e. The zero-order chi connectivity index (χ0) is 14.4. The number of aliphatic hydroxyl groups is 1. The van der Waals surface area contributed by atoms with Crippen LogP contribution in [0.2, 0.25) is 0 Å². The summed E-state index contributed by atoms with van der Waals surface area (Å²) in [7, 11) is 0. The van der Waals surface area contributed by atoms with Crippen molar-refractivity contribution < 1.29 is 10.1 Å². The van der Waals surface area contributed by atoms with Crippen molar-refractivity contribution in [2.24, 2.45) is 0 Å². The lowest BCUT2D eigenvalue weighted by atomic mass is 9.87. The molecule has 0 saturated carbocycles. The van der Waals surface area contributed by atoms with Crippen LogP contribution in [0.5, 0.6) is 0 Å². The molecule has 0 aliphatic heterocycles. The molecule has 0 spiro atoms. The molecule has 0 radical (unpaired) electrons. The lowest BCUT2D eigenvalue weighted by molar-refractivity contribution is -0.375. The average Bonchev–Trinajstić information content (AvgIpc) is 2.48. The van der Waals surface area contributed by atoms with Gasteiger partial charge in [-0.15, -0.1) is 0 Å². The molecule has 4 nitrogen and oxygen atoms in total. The Bertz CT molecular complexity index is 505. The minimum atomic E-state index is 0.168. The first-order valence-corrected chi connectivity index (χ1v) is 7.66.